The number of rotatable bonds is 3. The molecule has 1 saturated heterocycles. The summed E-state index contributed by atoms with van der Waals surface area (Å²) in [5.74, 6) is 0.920. The number of fused-ring (bicyclic) bond motifs is 2. The Morgan fingerprint density at radius 1 is 1.21 bits per heavy atom. The van der Waals surface area contributed by atoms with Gasteiger partial charge in [-0.25, -0.2) is 0 Å². The minimum atomic E-state index is 0.0904. The Morgan fingerprint density at radius 3 is 2.92 bits per heavy atom. The number of nitrogens with one attached hydrogen (secondary N) is 2. The van der Waals surface area contributed by atoms with E-state index in [1.807, 2.05) is 0 Å². The minimum Gasteiger partial charge on any atom is -0.324 e. The number of quaternary nitrogens is 1. The predicted octanol–water partition coefficient (Wildman–Crippen LogP) is 2.28. The van der Waals surface area contributed by atoms with Gasteiger partial charge in [-0.3, -0.25) is 4.79 Å². The fourth-order valence-electron chi connectivity index (χ4n) is 5.07. The van der Waals surface area contributed by atoms with Crippen LogP contribution in [0.5, 0.6) is 0 Å². The van der Waals surface area contributed by atoms with E-state index in [4.69, 9.17) is 0 Å². The van der Waals surface area contributed by atoms with Crippen LogP contribution in [0.25, 0.3) is 0 Å². The first-order valence-electron chi connectivity index (χ1n) is 9.45. The van der Waals surface area contributed by atoms with Gasteiger partial charge in [0.2, 0.25) is 0 Å². The molecule has 4 rings (SSSR count). The van der Waals surface area contributed by atoms with Gasteiger partial charge < -0.3 is 10.2 Å². The molecule has 5 heteroatoms. The molecule has 2 N–H and O–H groups in total. The number of carbonyl (C=O) groups excluding carboxylic acids is 1. The zero-order valence-corrected chi connectivity index (χ0v) is 15.0. The summed E-state index contributed by atoms with van der Waals surface area (Å²) < 4.78 is 0. The maximum atomic E-state index is 12.6. The third-order valence-electron chi connectivity index (χ3n) is 6.18. The molecule has 2 heterocycles. The molecule has 24 heavy (non-hydrogen) atoms. The molecule has 1 aromatic rings. The summed E-state index contributed by atoms with van der Waals surface area (Å²) in [7, 11) is 0. The van der Waals surface area contributed by atoms with Gasteiger partial charge in [-0.15, -0.1) is 11.3 Å². The van der Waals surface area contributed by atoms with Gasteiger partial charge in [0.25, 0.3) is 5.91 Å². The van der Waals surface area contributed by atoms with E-state index >= 15 is 0 Å². The zero-order chi connectivity index (χ0) is 16.5. The van der Waals surface area contributed by atoms with Crippen molar-refractivity contribution in [1.82, 2.24) is 0 Å². The average molecular weight is 345 g/mol. The maximum absolute atomic E-state index is 12.6. The summed E-state index contributed by atoms with van der Waals surface area (Å²) in [5, 5.41) is 13.3. The van der Waals surface area contributed by atoms with E-state index in [1.165, 1.54) is 53.9 Å². The van der Waals surface area contributed by atoms with Crippen molar-refractivity contribution < 1.29 is 9.69 Å². The molecule has 1 amide bonds. The number of aryl methyl sites for hydroxylation is 1. The molecule has 2 fully saturated rings. The molecule has 1 aliphatic heterocycles. The summed E-state index contributed by atoms with van der Waals surface area (Å²) in [6.07, 6.45) is 11.1. The fourth-order valence-corrected chi connectivity index (χ4v) is 6.33. The number of carbonyl (C=O) groups is 1. The molecular weight excluding hydrogens is 318 g/mol. The number of amides is 1. The Morgan fingerprint density at radius 2 is 2.04 bits per heavy atom. The highest BCUT2D eigenvalue weighted by molar-refractivity contribution is 7.16. The molecule has 3 atom stereocenters. The van der Waals surface area contributed by atoms with Crippen LogP contribution in [0.4, 0.5) is 5.00 Å². The molecule has 0 bridgehead atoms. The molecule has 1 saturated carbocycles. The van der Waals surface area contributed by atoms with E-state index in [0.29, 0.717) is 12.6 Å². The highest BCUT2D eigenvalue weighted by Crippen LogP contribution is 2.38. The molecule has 128 valence electrons. The third kappa shape index (κ3) is 2.98. The number of nitriles is 1. The van der Waals surface area contributed by atoms with Crippen LogP contribution in [0.1, 0.15) is 60.9 Å². The van der Waals surface area contributed by atoms with Crippen LogP contribution < -0.4 is 10.2 Å². The van der Waals surface area contributed by atoms with Crippen molar-refractivity contribution in [3.05, 3.63) is 16.0 Å². The van der Waals surface area contributed by atoms with Crippen LogP contribution in [0.15, 0.2) is 0 Å². The van der Waals surface area contributed by atoms with Crippen molar-refractivity contribution in [2.45, 2.75) is 63.8 Å². The Balaban J connectivity index is 1.43. The molecule has 0 radical (unpaired) electrons. The number of hydrogen-bond acceptors (Lipinski definition) is 3. The maximum Gasteiger partial charge on any atom is 0.280 e. The van der Waals surface area contributed by atoms with E-state index in [0.717, 1.165) is 42.3 Å². The summed E-state index contributed by atoms with van der Waals surface area (Å²) in [5.41, 5.74) is 1.92. The number of thiophene rings is 1. The highest BCUT2D eigenvalue weighted by atomic mass is 32.1. The SMILES string of the molecule is N#Cc1c(NC(=O)C[NH+]2CCC[C@H]3CCCC[C@H]32)sc2c1CCC2. The van der Waals surface area contributed by atoms with Crippen LogP contribution >= 0.6 is 11.3 Å². The zero-order valence-electron chi connectivity index (χ0n) is 14.2. The summed E-state index contributed by atoms with van der Waals surface area (Å²) in [6.45, 7) is 1.69. The van der Waals surface area contributed by atoms with Crippen LogP contribution in [0, 0.1) is 17.2 Å². The van der Waals surface area contributed by atoms with Gasteiger partial charge in [-0.05, 0) is 56.9 Å². The number of piperidine rings is 1. The van der Waals surface area contributed by atoms with Gasteiger partial charge in [0.15, 0.2) is 6.54 Å². The van der Waals surface area contributed by atoms with Gasteiger partial charge in [-0.2, -0.15) is 5.26 Å². The summed E-state index contributed by atoms with van der Waals surface area (Å²) in [6, 6.07) is 3.00. The number of likely N-dealkylation sites (tertiary alicyclic amines) is 1. The topological polar surface area (TPSA) is 57.3 Å². The van der Waals surface area contributed by atoms with Gasteiger partial charge in [-0.1, -0.05) is 6.42 Å². The van der Waals surface area contributed by atoms with E-state index in [9.17, 15) is 10.1 Å². The third-order valence-corrected chi connectivity index (χ3v) is 7.39. The van der Waals surface area contributed by atoms with Gasteiger partial charge in [0.1, 0.15) is 11.1 Å². The number of hydrogen-bond donors (Lipinski definition) is 2. The first-order valence-corrected chi connectivity index (χ1v) is 10.3. The van der Waals surface area contributed by atoms with Crippen molar-refractivity contribution in [1.29, 1.82) is 5.26 Å². The Hall–Kier alpha value is -1.38. The second kappa shape index (κ2) is 6.85. The molecule has 3 aliphatic rings. The van der Waals surface area contributed by atoms with Crippen molar-refractivity contribution >= 4 is 22.2 Å². The molecule has 2 aliphatic carbocycles. The van der Waals surface area contributed by atoms with Crippen molar-refractivity contribution in [2.24, 2.45) is 5.92 Å². The standard InChI is InChI=1S/C19H25N3OS/c20-11-15-14-7-3-9-17(14)24-19(15)21-18(23)12-22-10-4-6-13-5-1-2-8-16(13)22/h13,16H,1-10,12H2,(H,21,23)/p+1/t13-,16-/m1/s1. The van der Waals surface area contributed by atoms with Crippen molar-refractivity contribution in [2.75, 3.05) is 18.4 Å². The van der Waals surface area contributed by atoms with Crippen molar-refractivity contribution in [3.63, 3.8) is 0 Å². The lowest BCUT2D eigenvalue weighted by Gasteiger charge is -2.40. The lowest BCUT2D eigenvalue weighted by molar-refractivity contribution is -0.928. The number of anilines is 1. The molecule has 4 nitrogen and oxygen atoms in total. The van der Waals surface area contributed by atoms with Gasteiger partial charge >= 0.3 is 0 Å². The molecular formula is C19H26N3OS+. The molecule has 1 aromatic heterocycles. The minimum absolute atomic E-state index is 0.0904. The van der Waals surface area contributed by atoms with Crippen LogP contribution in [0.2, 0.25) is 0 Å². The molecule has 0 aromatic carbocycles. The highest BCUT2D eigenvalue weighted by Gasteiger charge is 2.37. The smallest absolute Gasteiger partial charge is 0.280 e. The number of nitrogens with zero attached hydrogens (tertiary/aromatic N) is 1. The van der Waals surface area contributed by atoms with Crippen molar-refractivity contribution in [3.8, 4) is 6.07 Å². The first-order chi connectivity index (χ1) is 11.8. The second-order valence-corrected chi connectivity index (χ2v) is 8.70. The second-order valence-electron chi connectivity index (χ2n) is 7.60. The Labute approximate surface area is 147 Å². The van der Waals surface area contributed by atoms with Crippen LogP contribution in [0.3, 0.4) is 0 Å². The predicted molar refractivity (Wildman–Crippen MR) is 95.4 cm³/mol. The normalized spacial score (nSPS) is 28.7. The fraction of sp³-hybridized carbons (Fsp3) is 0.684. The monoisotopic (exact) mass is 344 g/mol. The lowest BCUT2D eigenvalue weighted by atomic mass is 9.78. The lowest BCUT2D eigenvalue weighted by Crippen LogP contribution is -3.18. The average Bonchev–Trinajstić information content (AvgIpc) is 3.15. The molecule has 0 spiro atoms. The Bertz CT molecular complexity index is 673. The summed E-state index contributed by atoms with van der Waals surface area (Å²) in [4.78, 5) is 15.4. The largest absolute Gasteiger partial charge is 0.324 e. The summed E-state index contributed by atoms with van der Waals surface area (Å²) >= 11 is 1.62. The first kappa shape index (κ1) is 16.1. The van der Waals surface area contributed by atoms with E-state index in [2.05, 4.69) is 11.4 Å². The van der Waals surface area contributed by atoms with Gasteiger partial charge in [0.05, 0.1) is 18.2 Å². The van der Waals surface area contributed by atoms with E-state index < -0.39 is 0 Å². The van der Waals surface area contributed by atoms with E-state index in [-0.39, 0.29) is 5.91 Å². The van der Waals surface area contributed by atoms with Crippen LogP contribution in [-0.2, 0) is 17.6 Å². The van der Waals surface area contributed by atoms with Crippen LogP contribution in [-0.4, -0.2) is 25.0 Å². The van der Waals surface area contributed by atoms with Gasteiger partial charge in [0, 0.05) is 10.8 Å². The quantitative estimate of drug-likeness (QED) is 0.884. The molecule has 1 unspecified atom stereocenters. The van der Waals surface area contributed by atoms with E-state index in [1.54, 1.807) is 11.3 Å². The Kier molecular flexibility index (Phi) is 4.60.